The van der Waals surface area contributed by atoms with Gasteiger partial charge in [-0.1, -0.05) is 30.3 Å². The molecule has 1 aliphatic heterocycles. The van der Waals surface area contributed by atoms with Crippen molar-refractivity contribution in [3.05, 3.63) is 35.7 Å². The van der Waals surface area contributed by atoms with E-state index in [9.17, 15) is 4.79 Å². The first-order valence-corrected chi connectivity index (χ1v) is 9.04. The van der Waals surface area contributed by atoms with Crippen molar-refractivity contribution in [2.75, 3.05) is 18.0 Å². The van der Waals surface area contributed by atoms with Gasteiger partial charge in [0, 0.05) is 24.0 Å². The Hall–Kier alpha value is -2.08. The summed E-state index contributed by atoms with van der Waals surface area (Å²) in [6.07, 6.45) is 0.554. The minimum atomic E-state index is -0.470. The summed E-state index contributed by atoms with van der Waals surface area (Å²) in [6.45, 7) is 7.26. The minimum absolute atomic E-state index is 0.101. The molecular formula is C18H23N3O2S. The molecule has 1 aromatic heterocycles. The van der Waals surface area contributed by atoms with Crippen molar-refractivity contribution in [3.8, 4) is 11.3 Å². The Balaban J connectivity index is 1.58. The molecule has 1 aliphatic rings. The molecule has 1 aromatic carbocycles. The summed E-state index contributed by atoms with van der Waals surface area (Å²) in [5.41, 5.74) is 1.66. The van der Waals surface area contributed by atoms with Crippen molar-refractivity contribution in [2.24, 2.45) is 0 Å². The van der Waals surface area contributed by atoms with E-state index < -0.39 is 5.60 Å². The third kappa shape index (κ3) is 4.26. The number of carbonyl (C=O) groups is 1. The summed E-state index contributed by atoms with van der Waals surface area (Å²) in [5.74, 6) is 0. The molecule has 5 nitrogen and oxygen atoms in total. The Morgan fingerprint density at radius 3 is 2.79 bits per heavy atom. The number of benzene rings is 1. The molecule has 1 fully saturated rings. The van der Waals surface area contributed by atoms with Gasteiger partial charge in [-0.25, -0.2) is 9.78 Å². The van der Waals surface area contributed by atoms with Gasteiger partial charge in [0.1, 0.15) is 5.60 Å². The average molecular weight is 345 g/mol. The normalized spacial score (nSPS) is 17.8. The number of hydrogen-bond acceptors (Lipinski definition) is 5. The standard InChI is InChI=1S/C18H23N3O2S/c1-18(2,3)23-17(22)19-14-9-10-21(11-14)16-20-15(12-24-16)13-7-5-4-6-8-13/h4-8,12,14H,9-11H2,1-3H3,(H,19,22). The SMILES string of the molecule is CC(C)(C)OC(=O)NC1CCN(c2nc(-c3ccccc3)cs2)C1. The Kier molecular flexibility index (Phi) is 4.76. The summed E-state index contributed by atoms with van der Waals surface area (Å²) in [7, 11) is 0. The Labute approximate surface area is 146 Å². The number of ether oxygens (including phenoxy) is 1. The molecule has 3 rings (SSSR count). The van der Waals surface area contributed by atoms with Crippen LogP contribution in [0.1, 0.15) is 27.2 Å². The highest BCUT2D eigenvalue weighted by Gasteiger charge is 2.27. The molecule has 0 bridgehead atoms. The van der Waals surface area contributed by atoms with E-state index in [2.05, 4.69) is 27.7 Å². The summed E-state index contributed by atoms with van der Waals surface area (Å²) in [5, 5.41) is 6.03. The number of rotatable bonds is 3. The van der Waals surface area contributed by atoms with E-state index in [4.69, 9.17) is 9.72 Å². The predicted molar refractivity (Wildman–Crippen MR) is 97.5 cm³/mol. The Morgan fingerprint density at radius 2 is 2.08 bits per heavy atom. The highest BCUT2D eigenvalue weighted by molar-refractivity contribution is 7.14. The highest BCUT2D eigenvalue weighted by Crippen LogP contribution is 2.29. The number of thiazole rings is 1. The Morgan fingerprint density at radius 1 is 1.33 bits per heavy atom. The minimum Gasteiger partial charge on any atom is -0.444 e. The molecule has 2 aromatic rings. The van der Waals surface area contributed by atoms with Crippen molar-refractivity contribution in [2.45, 2.75) is 38.8 Å². The fourth-order valence-corrected chi connectivity index (χ4v) is 3.55. The summed E-state index contributed by atoms with van der Waals surface area (Å²) < 4.78 is 5.32. The number of hydrogen-bond donors (Lipinski definition) is 1. The lowest BCUT2D eigenvalue weighted by atomic mass is 10.2. The molecule has 1 atom stereocenters. The topological polar surface area (TPSA) is 54.5 Å². The zero-order valence-corrected chi connectivity index (χ0v) is 15.1. The fourth-order valence-electron chi connectivity index (χ4n) is 2.68. The smallest absolute Gasteiger partial charge is 0.407 e. The van der Waals surface area contributed by atoms with Crippen molar-refractivity contribution in [1.82, 2.24) is 10.3 Å². The maximum atomic E-state index is 11.9. The lowest BCUT2D eigenvalue weighted by Gasteiger charge is -2.22. The largest absolute Gasteiger partial charge is 0.444 e. The van der Waals surface area contributed by atoms with Gasteiger partial charge in [0.25, 0.3) is 0 Å². The third-order valence-electron chi connectivity index (χ3n) is 3.74. The highest BCUT2D eigenvalue weighted by atomic mass is 32.1. The molecule has 0 spiro atoms. The molecule has 128 valence electrons. The first kappa shape index (κ1) is 16.8. The van der Waals surface area contributed by atoms with Crippen LogP contribution >= 0.6 is 11.3 Å². The molecule has 0 radical (unpaired) electrons. The number of alkyl carbamates (subject to hydrolysis) is 1. The number of carbonyl (C=O) groups excluding carboxylic acids is 1. The Bertz CT molecular complexity index is 694. The van der Waals surface area contributed by atoms with Crippen LogP contribution in [-0.2, 0) is 4.74 Å². The van der Waals surface area contributed by atoms with E-state index in [1.807, 2.05) is 39.0 Å². The van der Waals surface area contributed by atoms with Gasteiger partial charge >= 0.3 is 6.09 Å². The molecule has 2 heterocycles. The van der Waals surface area contributed by atoms with E-state index in [1.54, 1.807) is 11.3 Å². The van der Waals surface area contributed by atoms with Gasteiger partial charge in [0.15, 0.2) is 5.13 Å². The number of amides is 1. The average Bonchev–Trinajstić information content (AvgIpc) is 3.15. The van der Waals surface area contributed by atoms with Gasteiger partial charge in [-0.05, 0) is 27.2 Å². The zero-order valence-electron chi connectivity index (χ0n) is 14.3. The molecule has 1 amide bonds. The van der Waals surface area contributed by atoms with Crippen LogP contribution in [0.2, 0.25) is 0 Å². The second-order valence-corrected chi connectivity index (χ2v) is 7.80. The van der Waals surface area contributed by atoms with Crippen LogP contribution in [0.5, 0.6) is 0 Å². The molecule has 1 saturated heterocycles. The van der Waals surface area contributed by atoms with Gasteiger partial charge < -0.3 is 15.0 Å². The van der Waals surface area contributed by atoms with Crippen molar-refractivity contribution < 1.29 is 9.53 Å². The molecule has 6 heteroatoms. The molecule has 24 heavy (non-hydrogen) atoms. The van der Waals surface area contributed by atoms with E-state index in [-0.39, 0.29) is 12.1 Å². The third-order valence-corrected chi connectivity index (χ3v) is 4.64. The summed E-state index contributed by atoms with van der Waals surface area (Å²) in [6, 6.07) is 10.3. The van der Waals surface area contributed by atoms with Crippen molar-refractivity contribution in [1.29, 1.82) is 0 Å². The maximum Gasteiger partial charge on any atom is 0.407 e. The zero-order chi connectivity index (χ0) is 17.2. The van der Waals surface area contributed by atoms with Gasteiger partial charge in [0.05, 0.1) is 11.7 Å². The van der Waals surface area contributed by atoms with Crippen molar-refractivity contribution in [3.63, 3.8) is 0 Å². The van der Waals surface area contributed by atoms with Crippen LogP contribution in [0, 0.1) is 0 Å². The lowest BCUT2D eigenvalue weighted by molar-refractivity contribution is 0.0509. The van der Waals surface area contributed by atoms with Crippen LogP contribution in [0.3, 0.4) is 0 Å². The van der Waals surface area contributed by atoms with Gasteiger partial charge in [-0.3, -0.25) is 0 Å². The van der Waals surface area contributed by atoms with Crippen LogP contribution < -0.4 is 10.2 Å². The van der Waals surface area contributed by atoms with E-state index in [0.29, 0.717) is 0 Å². The van der Waals surface area contributed by atoms with Gasteiger partial charge in [0.2, 0.25) is 0 Å². The van der Waals surface area contributed by atoms with Crippen LogP contribution in [-0.4, -0.2) is 35.8 Å². The molecule has 0 aliphatic carbocycles. The first-order valence-electron chi connectivity index (χ1n) is 8.16. The number of nitrogens with one attached hydrogen (secondary N) is 1. The van der Waals surface area contributed by atoms with Crippen LogP contribution in [0.15, 0.2) is 35.7 Å². The first-order chi connectivity index (χ1) is 11.4. The molecule has 0 saturated carbocycles. The predicted octanol–water partition coefficient (Wildman–Crippen LogP) is 3.91. The quantitative estimate of drug-likeness (QED) is 0.916. The van der Waals surface area contributed by atoms with Crippen molar-refractivity contribution >= 4 is 22.6 Å². The number of aromatic nitrogens is 1. The monoisotopic (exact) mass is 345 g/mol. The van der Waals surface area contributed by atoms with Crippen LogP contribution in [0.25, 0.3) is 11.3 Å². The van der Waals surface area contributed by atoms with Gasteiger partial charge in [-0.2, -0.15) is 0 Å². The summed E-state index contributed by atoms with van der Waals surface area (Å²) in [4.78, 5) is 18.8. The van der Waals surface area contributed by atoms with E-state index in [0.717, 1.165) is 35.9 Å². The molecule has 1 N–H and O–H groups in total. The van der Waals surface area contributed by atoms with Crippen LogP contribution in [0.4, 0.5) is 9.93 Å². The fraction of sp³-hybridized carbons (Fsp3) is 0.444. The maximum absolute atomic E-state index is 11.9. The lowest BCUT2D eigenvalue weighted by Crippen LogP contribution is -2.40. The van der Waals surface area contributed by atoms with E-state index in [1.165, 1.54) is 0 Å². The van der Waals surface area contributed by atoms with E-state index >= 15 is 0 Å². The molecular weight excluding hydrogens is 322 g/mol. The number of nitrogens with zero attached hydrogens (tertiary/aromatic N) is 2. The second-order valence-electron chi connectivity index (χ2n) is 6.96. The summed E-state index contributed by atoms with van der Waals surface area (Å²) >= 11 is 1.64. The number of anilines is 1. The second kappa shape index (κ2) is 6.81. The van der Waals surface area contributed by atoms with Gasteiger partial charge in [-0.15, -0.1) is 11.3 Å². The molecule has 1 unspecified atom stereocenters.